The van der Waals surface area contributed by atoms with Crippen molar-refractivity contribution in [3.05, 3.63) is 16.8 Å². The van der Waals surface area contributed by atoms with Crippen LogP contribution in [0.3, 0.4) is 0 Å². The van der Waals surface area contributed by atoms with Crippen LogP contribution < -0.4 is 17.3 Å². The molecule has 100 valence electrons. The highest BCUT2D eigenvalue weighted by atomic mass is 35.5. The predicted molar refractivity (Wildman–Crippen MR) is 75.1 cm³/mol. The average molecular weight is 285 g/mol. The van der Waals surface area contributed by atoms with Gasteiger partial charge in [0.2, 0.25) is 0 Å². The molecule has 0 bridgehead atoms. The highest BCUT2D eigenvalue weighted by Crippen LogP contribution is 2.31. The monoisotopic (exact) mass is 284 g/mol. The highest BCUT2D eigenvalue weighted by molar-refractivity contribution is 7.18. The minimum Gasteiger partial charge on any atom is -1.00 e. The van der Waals surface area contributed by atoms with Crippen molar-refractivity contribution in [3.63, 3.8) is 0 Å². The van der Waals surface area contributed by atoms with Crippen LogP contribution in [0, 0.1) is 6.92 Å². The van der Waals surface area contributed by atoms with Crippen LogP contribution in [0.15, 0.2) is 6.07 Å². The summed E-state index contributed by atoms with van der Waals surface area (Å²) in [4.78, 5) is 13.9. The van der Waals surface area contributed by atoms with Gasteiger partial charge in [-0.1, -0.05) is 6.92 Å². The molecule has 0 radical (unpaired) electrons. The van der Waals surface area contributed by atoms with Crippen LogP contribution >= 0.6 is 11.3 Å². The Bertz CT molecular complexity index is 520. The molecule has 0 fully saturated rings. The molecule has 3 nitrogen and oxygen atoms in total. The maximum atomic E-state index is 4.61. The summed E-state index contributed by atoms with van der Waals surface area (Å²) >= 11 is 1.79. The first-order chi connectivity index (χ1) is 8.19. The second-order valence-electron chi connectivity index (χ2n) is 4.05. The number of aryl methyl sites for hydroxylation is 2. The van der Waals surface area contributed by atoms with Gasteiger partial charge in [0.05, 0.1) is 5.39 Å². The molecule has 2 aromatic rings. The molecule has 2 rings (SSSR count). The van der Waals surface area contributed by atoms with E-state index in [1.165, 1.54) is 10.3 Å². The Morgan fingerprint density at radius 2 is 1.83 bits per heavy atom. The molecular weight excluding hydrogens is 266 g/mol. The Balaban J connectivity index is 0.00000162. The lowest BCUT2D eigenvalue weighted by molar-refractivity contribution is -0.00000380. The number of thiophene rings is 1. The molecular formula is C13H19ClN3S-. The first-order valence-electron chi connectivity index (χ1n) is 6.21. The zero-order valence-electron chi connectivity index (χ0n) is 11.3. The van der Waals surface area contributed by atoms with Crippen molar-refractivity contribution in [3.8, 4) is 0 Å². The average Bonchev–Trinajstić information content (AvgIpc) is 2.73. The number of hydrogen-bond donors (Lipinski definition) is 0. The molecule has 0 saturated heterocycles. The minimum absolute atomic E-state index is 0. The number of nitrogens with zero attached hydrogens (tertiary/aromatic N) is 3. The lowest BCUT2D eigenvalue weighted by atomic mass is 10.3. The van der Waals surface area contributed by atoms with Crippen LogP contribution in [0.1, 0.15) is 31.5 Å². The minimum atomic E-state index is 0. The molecule has 0 N–H and O–H groups in total. The number of fused-ring (bicyclic) bond motifs is 1. The normalized spacial score (nSPS) is 10.4. The molecule has 0 amide bonds. The van der Waals surface area contributed by atoms with Gasteiger partial charge in [-0.2, -0.15) is 0 Å². The van der Waals surface area contributed by atoms with Gasteiger partial charge < -0.3 is 17.3 Å². The lowest BCUT2D eigenvalue weighted by Crippen LogP contribution is -3.00. The summed E-state index contributed by atoms with van der Waals surface area (Å²) in [6.07, 6.45) is 1.07. The summed E-state index contributed by atoms with van der Waals surface area (Å²) in [5.41, 5.74) is 0. The van der Waals surface area contributed by atoms with Crippen LogP contribution in [0.2, 0.25) is 0 Å². The van der Waals surface area contributed by atoms with Crippen molar-refractivity contribution in [1.82, 2.24) is 9.97 Å². The zero-order valence-corrected chi connectivity index (χ0v) is 12.9. The predicted octanol–water partition coefficient (Wildman–Crippen LogP) is 0.412. The molecule has 0 aliphatic rings. The molecule has 0 atom stereocenters. The summed E-state index contributed by atoms with van der Waals surface area (Å²) in [7, 11) is 0. The standard InChI is InChI=1S/C13H19N3S.ClH/c1-5-10-8-11-12(16(6-2)7-3)14-9(4)15-13(11)17-10;/h8H,5-7H2,1-4H3;1H/p-1. The Morgan fingerprint density at radius 3 is 2.39 bits per heavy atom. The van der Waals surface area contributed by atoms with E-state index in [0.29, 0.717) is 0 Å². The van der Waals surface area contributed by atoms with Crippen molar-refractivity contribution >= 4 is 27.4 Å². The van der Waals surface area contributed by atoms with E-state index in [-0.39, 0.29) is 12.4 Å². The van der Waals surface area contributed by atoms with E-state index in [4.69, 9.17) is 0 Å². The summed E-state index contributed by atoms with van der Waals surface area (Å²) in [6.45, 7) is 10.5. The lowest BCUT2D eigenvalue weighted by Gasteiger charge is -2.20. The van der Waals surface area contributed by atoms with Crippen molar-refractivity contribution in [2.75, 3.05) is 18.0 Å². The van der Waals surface area contributed by atoms with Gasteiger partial charge >= 0.3 is 0 Å². The highest BCUT2D eigenvalue weighted by Gasteiger charge is 2.13. The molecule has 0 aliphatic heterocycles. The van der Waals surface area contributed by atoms with Crippen LogP contribution in [0.5, 0.6) is 0 Å². The molecule has 0 saturated carbocycles. The van der Waals surface area contributed by atoms with Gasteiger partial charge in [0.1, 0.15) is 16.5 Å². The maximum absolute atomic E-state index is 4.61. The van der Waals surface area contributed by atoms with Gasteiger partial charge in [-0.3, -0.25) is 0 Å². The van der Waals surface area contributed by atoms with Gasteiger partial charge in [-0.05, 0) is 33.3 Å². The largest absolute Gasteiger partial charge is 1.00 e. The summed E-state index contributed by atoms with van der Waals surface area (Å²) in [5, 5.41) is 1.21. The first kappa shape index (κ1) is 15.2. The molecule has 2 aromatic heterocycles. The third-order valence-electron chi connectivity index (χ3n) is 2.95. The third-order valence-corrected chi connectivity index (χ3v) is 4.12. The van der Waals surface area contributed by atoms with E-state index in [1.807, 2.05) is 6.92 Å². The second-order valence-corrected chi connectivity index (χ2v) is 5.17. The quantitative estimate of drug-likeness (QED) is 0.815. The second kappa shape index (κ2) is 6.34. The number of halogens is 1. The number of rotatable bonds is 4. The zero-order chi connectivity index (χ0) is 12.4. The smallest absolute Gasteiger partial charge is 0.141 e. The van der Waals surface area contributed by atoms with E-state index in [2.05, 4.69) is 41.7 Å². The summed E-state index contributed by atoms with van der Waals surface area (Å²) in [5.74, 6) is 1.96. The van der Waals surface area contributed by atoms with Crippen molar-refractivity contribution in [1.29, 1.82) is 0 Å². The fourth-order valence-corrected chi connectivity index (χ4v) is 3.01. The van der Waals surface area contributed by atoms with Gasteiger partial charge in [-0.25, -0.2) is 9.97 Å². The number of hydrogen-bond acceptors (Lipinski definition) is 4. The molecule has 5 heteroatoms. The van der Waals surface area contributed by atoms with E-state index in [9.17, 15) is 0 Å². The topological polar surface area (TPSA) is 29.0 Å². The van der Waals surface area contributed by atoms with Gasteiger partial charge in [-0.15, -0.1) is 11.3 Å². The number of aromatic nitrogens is 2. The molecule has 0 unspecified atom stereocenters. The summed E-state index contributed by atoms with van der Waals surface area (Å²) in [6, 6.07) is 2.24. The Hall–Kier alpha value is -0.870. The Morgan fingerprint density at radius 1 is 1.17 bits per heavy atom. The third kappa shape index (κ3) is 2.75. The molecule has 2 heterocycles. The molecule has 18 heavy (non-hydrogen) atoms. The fraction of sp³-hybridized carbons (Fsp3) is 0.538. The van der Waals surface area contributed by atoms with Crippen LogP contribution in [-0.2, 0) is 6.42 Å². The van der Waals surface area contributed by atoms with E-state index < -0.39 is 0 Å². The van der Waals surface area contributed by atoms with Crippen molar-refractivity contribution in [2.45, 2.75) is 34.1 Å². The SMILES string of the molecule is CCc1cc2c(N(CC)CC)nc(C)nc2s1.[Cl-]. The fourth-order valence-electron chi connectivity index (χ4n) is 2.00. The van der Waals surface area contributed by atoms with Crippen LogP contribution in [-0.4, -0.2) is 23.1 Å². The molecule has 0 aliphatic carbocycles. The maximum Gasteiger partial charge on any atom is 0.141 e. The van der Waals surface area contributed by atoms with Gasteiger partial charge in [0, 0.05) is 18.0 Å². The van der Waals surface area contributed by atoms with E-state index in [1.54, 1.807) is 11.3 Å². The number of anilines is 1. The molecule has 0 spiro atoms. The van der Waals surface area contributed by atoms with Crippen molar-refractivity contribution < 1.29 is 12.4 Å². The van der Waals surface area contributed by atoms with Crippen LogP contribution in [0.4, 0.5) is 5.82 Å². The first-order valence-corrected chi connectivity index (χ1v) is 7.03. The van der Waals surface area contributed by atoms with Crippen molar-refractivity contribution in [2.24, 2.45) is 0 Å². The van der Waals surface area contributed by atoms with E-state index >= 15 is 0 Å². The summed E-state index contributed by atoms with van der Waals surface area (Å²) < 4.78 is 0. The Labute approximate surface area is 119 Å². The van der Waals surface area contributed by atoms with Crippen LogP contribution in [0.25, 0.3) is 10.2 Å². The molecule has 0 aromatic carbocycles. The van der Waals surface area contributed by atoms with Gasteiger partial charge in [0.15, 0.2) is 0 Å². The van der Waals surface area contributed by atoms with E-state index in [0.717, 1.165) is 36.0 Å². The van der Waals surface area contributed by atoms with Gasteiger partial charge in [0.25, 0.3) is 0 Å². The Kier molecular flexibility index (Phi) is 5.35.